The van der Waals surface area contributed by atoms with Crippen LogP contribution in [-0.2, 0) is 4.74 Å². The van der Waals surface area contributed by atoms with Crippen LogP contribution in [0.1, 0.15) is 36.0 Å². The van der Waals surface area contributed by atoms with Crippen LogP contribution < -0.4 is 20.3 Å². The van der Waals surface area contributed by atoms with Crippen LogP contribution in [0.3, 0.4) is 0 Å². The van der Waals surface area contributed by atoms with Gasteiger partial charge in [0.05, 0.1) is 30.7 Å². The smallest absolute Gasteiger partial charge is 0.257 e. The molecule has 2 N–H and O–H groups in total. The van der Waals surface area contributed by atoms with Crippen molar-refractivity contribution in [1.29, 1.82) is 0 Å². The van der Waals surface area contributed by atoms with Crippen LogP contribution in [0, 0.1) is 0 Å². The van der Waals surface area contributed by atoms with Gasteiger partial charge in [-0.3, -0.25) is 10.1 Å². The Bertz CT molecular complexity index is 1110. The molecule has 9 heteroatoms. The molecule has 0 radical (unpaired) electrons. The number of anilines is 3. The zero-order valence-electron chi connectivity index (χ0n) is 18.1. The molecular weight excluding hydrogens is 426 g/mol. The third-order valence-electron chi connectivity index (χ3n) is 6.01. The number of hydrogen-bond donors (Lipinski definition) is 2. The number of hydrogen-bond acceptors (Lipinski definition) is 8. The summed E-state index contributed by atoms with van der Waals surface area (Å²) >= 11 is 1.46. The van der Waals surface area contributed by atoms with Gasteiger partial charge < -0.3 is 19.7 Å². The molecule has 0 spiro atoms. The Morgan fingerprint density at radius 1 is 1.22 bits per heavy atom. The molecule has 3 heterocycles. The van der Waals surface area contributed by atoms with Gasteiger partial charge in [-0.2, -0.15) is 0 Å². The first-order valence-electron chi connectivity index (χ1n) is 11.1. The van der Waals surface area contributed by atoms with Crippen molar-refractivity contribution >= 4 is 44.1 Å². The van der Waals surface area contributed by atoms with Crippen LogP contribution in [0.2, 0.25) is 0 Å². The highest BCUT2D eigenvalue weighted by molar-refractivity contribution is 7.23. The first-order chi connectivity index (χ1) is 15.7. The van der Waals surface area contributed by atoms with Crippen molar-refractivity contribution in [1.82, 2.24) is 9.97 Å². The third-order valence-corrected chi connectivity index (χ3v) is 7.00. The van der Waals surface area contributed by atoms with Gasteiger partial charge in [0.25, 0.3) is 5.91 Å². The van der Waals surface area contributed by atoms with Gasteiger partial charge in [0.15, 0.2) is 5.13 Å². The standard InChI is InChI=1S/C23H27N5O3S/c1-30-18-7-6-17(28-10-12-31-13-11-28)21-20(18)26-23(32-21)27-22(29)15-8-9-24-19(14-15)25-16-4-2-3-5-16/h6-9,14,16H,2-5,10-13H2,1H3,(H,24,25)(H,26,27,29). The largest absolute Gasteiger partial charge is 0.494 e. The summed E-state index contributed by atoms with van der Waals surface area (Å²) in [6.45, 7) is 3.06. The van der Waals surface area contributed by atoms with Gasteiger partial charge in [0.2, 0.25) is 0 Å². The summed E-state index contributed by atoms with van der Waals surface area (Å²) < 4.78 is 12.0. The van der Waals surface area contributed by atoms with Crippen molar-refractivity contribution in [2.24, 2.45) is 0 Å². The van der Waals surface area contributed by atoms with Crippen LogP contribution in [0.15, 0.2) is 30.5 Å². The van der Waals surface area contributed by atoms with E-state index in [1.165, 1.54) is 24.2 Å². The van der Waals surface area contributed by atoms with Crippen LogP contribution in [0.25, 0.3) is 10.2 Å². The van der Waals surface area contributed by atoms with Crippen molar-refractivity contribution in [2.45, 2.75) is 31.7 Å². The van der Waals surface area contributed by atoms with Crippen molar-refractivity contribution in [3.63, 3.8) is 0 Å². The van der Waals surface area contributed by atoms with E-state index < -0.39 is 0 Å². The summed E-state index contributed by atoms with van der Waals surface area (Å²) in [6.07, 6.45) is 6.45. The number of pyridine rings is 1. The van der Waals surface area contributed by atoms with Crippen LogP contribution in [0.4, 0.5) is 16.6 Å². The van der Waals surface area contributed by atoms with E-state index in [0.29, 0.717) is 35.7 Å². The number of nitrogens with zero attached hydrogens (tertiary/aromatic N) is 3. The molecule has 168 valence electrons. The lowest BCUT2D eigenvalue weighted by Gasteiger charge is -2.29. The number of carbonyl (C=O) groups excluding carboxylic acids is 1. The first-order valence-corrected chi connectivity index (χ1v) is 11.9. The van der Waals surface area contributed by atoms with Gasteiger partial charge in [0.1, 0.15) is 17.1 Å². The number of morpholine rings is 1. The van der Waals surface area contributed by atoms with E-state index in [1.54, 1.807) is 25.4 Å². The molecule has 32 heavy (non-hydrogen) atoms. The maximum atomic E-state index is 13.0. The fourth-order valence-electron chi connectivity index (χ4n) is 4.34. The van der Waals surface area contributed by atoms with Crippen molar-refractivity contribution < 1.29 is 14.3 Å². The molecule has 1 saturated heterocycles. The predicted octanol–water partition coefficient (Wildman–Crippen LogP) is 4.14. The SMILES string of the molecule is COc1ccc(N2CCOCC2)c2sc(NC(=O)c3ccnc(NC4CCCC4)c3)nc12. The molecule has 0 atom stereocenters. The van der Waals surface area contributed by atoms with Gasteiger partial charge in [-0.25, -0.2) is 9.97 Å². The minimum Gasteiger partial charge on any atom is -0.494 e. The summed E-state index contributed by atoms with van der Waals surface area (Å²) in [5, 5.41) is 6.96. The maximum Gasteiger partial charge on any atom is 0.257 e. The number of amides is 1. The molecule has 1 amide bonds. The van der Waals surface area contributed by atoms with Crippen LogP contribution in [-0.4, -0.2) is 55.3 Å². The Morgan fingerprint density at radius 2 is 2.03 bits per heavy atom. The molecule has 1 saturated carbocycles. The number of carbonyl (C=O) groups is 1. The van der Waals surface area contributed by atoms with Gasteiger partial charge in [-0.05, 0) is 37.1 Å². The highest BCUT2D eigenvalue weighted by Gasteiger charge is 2.21. The van der Waals surface area contributed by atoms with Gasteiger partial charge >= 0.3 is 0 Å². The topological polar surface area (TPSA) is 88.6 Å². The average molecular weight is 454 g/mol. The second-order valence-corrected chi connectivity index (χ2v) is 9.09. The molecular formula is C23H27N5O3S. The number of ether oxygens (including phenoxy) is 2. The average Bonchev–Trinajstić information content (AvgIpc) is 3.49. The number of fused-ring (bicyclic) bond motifs is 1. The molecule has 8 nitrogen and oxygen atoms in total. The lowest BCUT2D eigenvalue weighted by atomic mass is 10.2. The van der Waals surface area contributed by atoms with E-state index in [-0.39, 0.29) is 5.91 Å². The molecule has 2 fully saturated rings. The van der Waals surface area contributed by atoms with Gasteiger partial charge in [0, 0.05) is 30.9 Å². The van der Waals surface area contributed by atoms with Gasteiger partial charge in [-0.1, -0.05) is 24.2 Å². The number of aromatic nitrogens is 2. The summed E-state index contributed by atoms with van der Waals surface area (Å²) in [4.78, 5) is 24.3. The third kappa shape index (κ3) is 4.35. The first kappa shape index (κ1) is 21.0. The second kappa shape index (κ2) is 9.30. The number of nitrogens with one attached hydrogen (secondary N) is 2. The minimum atomic E-state index is -0.201. The normalized spacial score (nSPS) is 17.0. The Balaban J connectivity index is 1.38. The summed E-state index contributed by atoms with van der Waals surface area (Å²) in [6, 6.07) is 7.96. The second-order valence-electron chi connectivity index (χ2n) is 8.09. The van der Waals surface area contributed by atoms with E-state index in [2.05, 4.69) is 31.6 Å². The zero-order valence-corrected chi connectivity index (χ0v) is 18.9. The van der Waals surface area contributed by atoms with Crippen molar-refractivity contribution in [2.75, 3.05) is 48.9 Å². The molecule has 2 aromatic heterocycles. The Morgan fingerprint density at radius 3 is 2.81 bits per heavy atom. The summed E-state index contributed by atoms with van der Waals surface area (Å²) in [7, 11) is 1.64. The van der Waals surface area contributed by atoms with E-state index in [0.717, 1.165) is 47.7 Å². The van der Waals surface area contributed by atoms with E-state index >= 15 is 0 Å². The van der Waals surface area contributed by atoms with Crippen LogP contribution in [0.5, 0.6) is 5.75 Å². The zero-order chi connectivity index (χ0) is 21.9. The lowest BCUT2D eigenvalue weighted by molar-refractivity contribution is 0.102. The molecule has 1 aliphatic heterocycles. The molecule has 1 aromatic carbocycles. The lowest BCUT2D eigenvalue weighted by Crippen LogP contribution is -2.36. The number of rotatable bonds is 6. The number of benzene rings is 1. The minimum absolute atomic E-state index is 0.201. The monoisotopic (exact) mass is 453 g/mol. The van der Waals surface area contributed by atoms with E-state index in [4.69, 9.17) is 9.47 Å². The quantitative estimate of drug-likeness (QED) is 0.580. The maximum absolute atomic E-state index is 13.0. The molecule has 0 unspecified atom stereocenters. The molecule has 0 bridgehead atoms. The Labute approximate surface area is 191 Å². The van der Waals surface area contributed by atoms with Gasteiger partial charge in [-0.15, -0.1) is 0 Å². The van der Waals surface area contributed by atoms with Crippen LogP contribution >= 0.6 is 11.3 Å². The fourth-order valence-corrected chi connectivity index (χ4v) is 5.36. The molecule has 1 aliphatic carbocycles. The van der Waals surface area contributed by atoms with E-state index in [1.807, 2.05) is 6.07 Å². The Kier molecular flexibility index (Phi) is 6.09. The fraction of sp³-hybridized carbons (Fsp3) is 0.435. The predicted molar refractivity (Wildman–Crippen MR) is 127 cm³/mol. The van der Waals surface area contributed by atoms with E-state index in [9.17, 15) is 4.79 Å². The number of methoxy groups -OCH3 is 1. The summed E-state index contributed by atoms with van der Waals surface area (Å²) in [5.41, 5.74) is 2.41. The highest BCUT2D eigenvalue weighted by Crippen LogP contribution is 2.39. The molecule has 5 rings (SSSR count). The highest BCUT2D eigenvalue weighted by atomic mass is 32.1. The summed E-state index contributed by atoms with van der Waals surface area (Å²) in [5.74, 6) is 1.23. The molecule has 2 aliphatic rings. The van der Waals surface area contributed by atoms with Crippen molar-refractivity contribution in [3.8, 4) is 5.75 Å². The number of thiazole rings is 1. The Hall–Kier alpha value is -2.91. The molecule has 3 aromatic rings. The van der Waals surface area contributed by atoms with Crippen molar-refractivity contribution in [3.05, 3.63) is 36.0 Å².